The quantitative estimate of drug-likeness (QED) is 0.805. The van der Waals surface area contributed by atoms with Crippen molar-refractivity contribution < 1.29 is 9.50 Å². The van der Waals surface area contributed by atoms with Crippen molar-refractivity contribution in [1.29, 1.82) is 0 Å². The number of halogens is 1. The van der Waals surface area contributed by atoms with Crippen molar-refractivity contribution >= 4 is 0 Å². The molecule has 1 atom stereocenters. The van der Waals surface area contributed by atoms with Crippen molar-refractivity contribution in [2.45, 2.75) is 19.1 Å². The second-order valence-electron chi connectivity index (χ2n) is 5.30. The Hall–Kier alpha value is -2.53. The van der Waals surface area contributed by atoms with Gasteiger partial charge >= 0.3 is 0 Å². The monoisotopic (exact) mass is 297 g/mol. The van der Waals surface area contributed by atoms with E-state index in [4.69, 9.17) is 0 Å². The van der Waals surface area contributed by atoms with Gasteiger partial charge in [-0.2, -0.15) is 5.10 Å². The Morgan fingerprint density at radius 1 is 1.14 bits per heavy atom. The SMILES string of the molecule is Cc1ccc(C(O)(Cn2cncn2)c2ccccc2F)cc1. The number of aryl methyl sites for hydroxylation is 1. The molecule has 3 rings (SSSR count). The van der Waals surface area contributed by atoms with Crippen molar-refractivity contribution in [2.24, 2.45) is 0 Å². The van der Waals surface area contributed by atoms with Crippen LogP contribution in [0.25, 0.3) is 0 Å². The van der Waals surface area contributed by atoms with Crippen LogP contribution in [0.15, 0.2) is 61.2 Å². The summed E-state index contributed by atoms with van der Waals surface area (Å²) in [6.07, 6.45) is 2.89. The van der Waals surface area contributed by atoms with Crippen LogP contribution < -0.4 is 0 Å². The lowest BCUT2D eigenvalue weighted by Gasteiger charge is -2.29. The molecule has 0 spiro atoms. The number of nitrogens with zero attached hydrogens (tertiary/aromatic N) is 3. The zero-order valence-corrected chi connectivity index (χ0v) is 12.1. The highest BCUT2D eigenvalue weighted by Crippen LogP contribution is 2.33. The van der Waals surface area contributed by atoms with Crippen molar-refractivity contribution in [3.05, 3.63) is 83.7 Å². The molecule has 0 amide bonds. The molecule has 1 aromatic heterocycles. The zero-order chi connectivity index (χ0) is 15.6. The lowest BCUT2D eigenvalue weighted by molar-refractivity contribution is 0.0536. The topological polar surface area (TPSA) is 50.9 Å². The fraction of sp³-hybridized carbons (Fsp3) is 0.176. The molecular weight excluding hydrogens is 281 g/mol. The van der Waals surface area contributed by atoms with E-state index >= 15 is 0 Å². The minimum absolute atomic E-state index is 0.0804. The Balaban J connectivity index is 2.13. The molecule has 3 aromatic rings. The molecule has 0 radical (unpaired) electrons. The molecular formula is C17H16FN3O. The smallest absolute Gasteiger partial charge is 0.137 e. The molecule has 0 saturated heterocycles. The molecule has 0 aliphatic heterocycles. The summed E-state index contributed by atoms with van der Waals surface area (Å²) in [5, 5.41) is 15.3. The highest BCUT2D eigenvalue weighted by molar-refractivity contribution is 5.37. The van der Waals surface area contributed by atoms with Gasteiger partial charge in [0.2, 0.25) is 0 Å². The largest absolute Gasteiger partial charge is 0.378 e. The Morgan fingerprint density at radius 2 is 1.86 bits per heavy atom. The molecule has 1 heterocycles. The number of benzene rings is 2. The Kier molecular flexibility index (Phi) is 3.73. The number of hydrogen-bond donors (Lipinski definition) is 1. The summed E-state index contributed by atoms with van der Waals surface area (Å²) in [7, 11) is 0. The summed E-state index contributed by atoms with van der Waals surface area (Å²) >= 11 is 0. The molecule has 0 aliphatic carbocycles. The van der Waals surface area contributed by atoms with Crippen LogP contribution >= 0.6 is 0 Å². The third-order valence-corrected chi connectivity index (χ3v) is 3.71. The Bertz CT molecular complexity index is 756. The molecule has 1 unspecified atom stereocenters. The average molecular weight is 297 g/mol. The van der Waals surface area contributed by atoms with Crippen LogP contribution in [0.3, 0.4) is 0 Å². The van der Waals surface area contributed by atoms with Crippen LogP contribution in [-0.2, 0) is 12.1 Å². The van der Waals surface area contributed by atoms with E-state index in [-0.39, 0.29) is 12.1 Å². The summed E-state index contributed by atoms with van der Waals surface area (Å²) in [4.78, 5) is 3.88. The fourth-order valence-electron chi connectivity index (χ4n) is 2.51. The summed E-state index contributed by atoms with van der Waals surface area (Å²) in [6.45, 7) is 2.04. The van der Waals surface area contributed by atoms with E-state index < -0.39 is 11.4 Å². The zero-order valence-electron chi connectivity index (χ0n) is 12.1. The molecule has 5 heteroatoms. The number of aliphatic hydroxyl groups is 1. The van der Waals surface area contributed by atoms with E-state index in [0.29, 0.717) is 5.56 Å². The second-order valence-corrected chi connectivity index (χ2v) is 5.30. The van der Waals surface area contributed by atoms with Crippen LogP contribution in [0.2, 0.25) is 0 Å². The van der Waals surface area contributed by atoms with E-state index in [9.17, 15) is 9.50 Å². The van der Waals surface area contributed by atoms with Gasteiger partial charge in [0.25, 0.3) is 0 Å². The van der Waals surface area contributed by atoms with Gasteiger partial charge in [-0.15, -0.1) is 0 Å². The first kappa shape index (κ1) is 14.4. The molecule has 0 aliphatic rings. The van der Waals surface area contributed by atoms with Crippen molar-refractivity contribution in [2.75, 3.05) is 0 Å². The molecule has 4 nitrogen and oxygen atoms in total. The van der Waals surface area contributed by atoms with E-state index in [1.807, 2.05) is 19.1 Å². The van der Waals surface area contributed by atoms with Gasteiger partial charge in [-0.3, -0.25) is 0 Å². The third-order valence-electron chi connectivity index (χ3n) is 3.71. The first-order valence-electron chi connectivity index (χ1n) is 6.96. The van der Waals surface area contributed by atoms with Gasteiger partial charge < -0.3 is 5.11 Å². The van der Waals surface area contributed by atoms with Crippen LogP contribution in [0, 0.1) is 12.7 Å². The molecule has 112 valence electrons. The van der Waals surface area contributed by atoms with Gasteiger partial charge in [-0.05, 0) is 18.6 Å². The molecule has 1 N–H and O–H groups in total. The maximum Gasteiger partial charge on any atom is 0.137 e. The number of rotatable bonds is 4. The molecule has 0 saturated carbocycles. The number of hydrogen-bond acceptors (Lipinski definition) is 3. The summed E-state index contributed by atoms with van der Waals surface area (Å²) in [5.41, 5.74) is 0.376. The Labute approximate surface area is 127 Å². The second kappa shape index (κ2) is 5.69. The van der Waals surface area contributed by atoms with Crippen LogP contribution in [0.1, 0.15) is 16.7 Å². The van der Waals surface area contributed by atoms with Crippen molar-refractivity contribution in [3.63, 3.8) is 0 Å². The van der Waals surface area contributed by atoms with Gasteiger partial charge in [0.15, 0.2) is 0 Å². The molecule has 0 bridgehead atoms. The van der Waals surface area contributed by atoms with Gasteiger partial charge in [0.1, 0.15) is 24.1 Å². The summed E-state index contributed by atoms with van der Waals surface area (Å²) in [6, 6.07) is 13.6. The predicted molar refractivity (Wildman–Crippen MR) is 80.6 cm³/mol. The predicted octanol–water partition coefficient (Wildman–Crippen LogP) is 2.66. The highest BCUT2D eigenvalue weighted by Gasteiger charge is 2.35. The lowest BCUT2D eigenvalue weighted by Crippen LogP contribution is -2.34. The first-order valence-corrected chi connectivity index (χ1v) is 6.96. The minimum Gasteiger partial charge on any atom is -0.378 e. The van der Waals surface area contributed by atoms with E-state index in [1.54, 1.807) is 30.3 Å². The lowest BCUT2D eigenvalue weighted by atomic mass is 9.85. The van der Waals surface area contributed by atoms with Crippen molar-refractivity contribution in [1.82, 2.24) is 14.8 Å². The van der Waals surface area contributed by atoms with Gasteiger partial charge in [-0.1, -0.05) is 48.0 Å². The van der Waals surface area contributed by atoms with Crippen LogP contribution in [0.4, 0.5) is 4.39 Å². The van der Waals surface area contributed by atoms with Gasteiger partial charge in [0, 0.05) is 5.56 Å². The van der Waals surface area contributed by atoms with Crippen molar-refractivity contribution in [3.8, 4) is 0 Å². The Morgan fingerprint density at radius 3 is 2.50 bits per heavy atom. The minimum atomic E-state index is -1.52. The summed E-state index contributed by atoms with van der Waals surface area (Å²) < 4.78 is 15.8. The van der Waals surface area contributed by atoms with E-state index in [0.717, 1.165) is 5.56 Å². The van der Waals surface area contributed by atoms with Gasteiger partial charge in [-0.25, -0.2) is 14.1 Å². The molecule has 22 heavy (non-hydrogen) atoms. The number of aromatic nitrogens is 3. The summed E-state index contributed by atoms with van der Waals surface area (Å²) in [5.74, 6) is -0.453. The van der Waals surface area contributed by atoms with E-state index in [1.165, 1.54) is 23.4 Å². The first-order chi connectivity index (χ1) is 10.6. The standard InChI is InChI=1S/C17H16FN3O/c1-13-6-8-14(9-7-13)17(22,10-21-12-19-11-20-21)15-4-2-3-5-16(15)18/h2-9,11-12,22H,10H2,1H3. The maximum atomic E-state index is 14.3. The normalized spacial score (nSPS) is 13.8. The van der Waals surface area contributed by atoms with E-state index in [2.05, 4.69) is 10.1 Å². The average Bonchev–Trinajstić information content (AvgIpc) is 3.01. The molecule has 2 aromatic carbocycles. The van der Waals surface area contributed by atoms with Crippen LogP contribution in [0.5, 0.6) is 0 Å². The fourth-order valence-corrected chi connectivity index (χ4v) is 2.51. The maximum absolute atomic E-state index is 14.3. The van der Waals surface area contributed by atoms with Crippen LogP contribution in [-0.4, -0.2) is 19.9 Å². The highest BCUT2D eigenvalue weighted by atomic mass is 19.1. The molecule has 0 fully saturated rings. The van der Waals surface area contributed by atoms with Gasteiger partial charge in [0.05, 0.1) is 6.54 Å². The third kappa shape index (κ3) is 2.63.